The number of anilines is 1. The lowest BCUT2D eigenvalue weighted by atomic mass is 9.90. The van der Waals surface area contributed by atoms with E-state index in [9.17, 15) is 14.0 Å². The second-order valence-electron chi connectivity index (χ2n) is 6.60. The Morgan fingerprint density at radius 3 is 2.73 bits per heavy atom. The van der Waals surface area contributed by atoms with Crippen molar-refractivity contribution < 1.29 is 18.7 Å². The normalized spacial score (nSPS) is 16.0. The minimum Gasteiger partial charge on any atom is -0.451 e. The summed E-state index contributed by atoms with van der Waals surface area (Å²) in [6.07, 6.45) is 3.14. The van der Waals surface area contributed by atoms with Gasteiger partial charge in [0.15, 0.2) is 6.61 Å². The largest absolute Gasteiger partial charge is 0.451 e. The number of nitrogens with zero attached hydrogens (tertiary/aromatic N) is 1. The summed E-state index contributed by atoms with van der Waals surface area (Å²) in [4.78, 5) is 28.0. The van der Waals surface area contributed by atoms with Crippen molar-refractivity contribution in [2.45, 2.75) is 33.1 Å². The van der Waals surface area contributed by atoms with Gasteiger partial charge in [-0.25, -0.2) is 9.18 Å². The molecular formula is C20H22FNO3S. The van der Waals surface area contributed by atoms with Gasteiger partial charge in [0, 0.05) is 17.1 Å². The van der Waals surface area contributed by atoms with Gasteiger partial charge in [0.05, 0.1) is 0 Å². The van der Waals surface area contributed by atoms with Crippen molar-refractivity contribution in [1.29, 1.82) is 0 Å². The van der Waals surface area contributed by atoms with Gasteiger partial charge in [0.2, 0.25) is 0 Å². The topological polar surface area (TPSA) is 46.6 Å². The Kier molecular flexibility index (Phi) is 5.71. The van der Waals surface area contributed by atoms with E-state index in [-0.39, 0.29) is 18.3 Å². The number of halogens is 1. The van der Waals surface area contributed by atoms with Crippen LogP contribution in [-0.2, 0) is 22.4 Å². The van der Waals surface area contributed by atoms with Crippen LogP contribution in [0.2, 0.25) is 0 Å². The molecule has 0 unspecified atom stereocenters. The summed E-state index contributed by atoms with van der Waals surface area (Å²) in [7, 11) is 0. The zero-order valence-electron chi connectivity index (χ0n) is 15.0. The molecule has 1 aliphatic carbocycles. The maximum absolute atomic E-state index is 13.0. The molecule has 0 saturated carbocycles. The third-order valence-electron chi connectivity index (χ3n) is 4.61. The van der Waals surface area contributed by atoms with Crippen LogP contribution in [-0.4, -0.2) is 25.0 Å². The van der Waals surface area contributed by atoms with Crippen molar-refractivity contribution in [3.63, 3.8) is 0 Å². The maximum atomic E-state index is 13.0. The van der Waals surface area contributed by atoms with Crippen LogP contribution in [0.3, 0.4) is 0 Å². The molecule has 0 bridgehead atoms. The number of carbonyl (C=O) groups excluding carboxylic acids is 2. The van der Waals surface area contributed by atoms with E-state index in [0.29, 0.717) is 23.0 Å². The maximum Gasteiger partial charge on any atom is 0.348 e. The third-order valence-corrected chi connectivity index (χ3v) is 5.83. The molecule has 26 heavy (non-hydrogen) atoms. The molecule has 0 aliphatic heterocycles. The van der Waals surface area contributed by atoms with Gasteiger partial charge in [0.25, 0.3) is 5.91 Å². The summed E-state index contributed by atoms with van der Waals surface area (Å²) in [5.74, 6) is -0.515. The highest BCUT2D eigenvalue weighted by atomic mass is 32.1. The summed E-state index contributed by atoms with van der Waals surface area (Å²) in [5, 5.41) is 0. The fourth-order valence-electron chi connectivity index (χ4n) is 3.21. The van der Waals surface area contributed by atoms with E-state index in [0.717, 1.165) is 19.3 Å². The molecule has 1 heterocycles. The summed E-state index contributed by atoms with van der Waals surface area (Å²) in [6.45, 7) is 4.11. The van der Waals surface area contributed by atoms with Gasteiger partial charge in [-0.3, -0.25) is 4.79 Å². The molecule has 1 aromatic carbocycles. The SMILES string of the molecule is CCN(C(=O)COC(=O)c1cc2c(s1)CC[C@H](C)C2)c1ccc(F)cc1. The second-order valence-corrected chi connectivity index (χ2v) is 7.73. The lowest BCUT2D eigenvalue weighted by molar-refractivity contribution is -0.121. The van der Waals surface area contributed by atoms with Gasteiger partial charge in [-0.2, -0.15) is 0 Å². The zero-order chi connectivity index (χ0) is 18.7. The highest BCUT2D eigenvalue weighted by Crippen LogP contribution is 2.32. The number of carbonyl (C=O) groups is 2. The number of likely N-dealkylation sites (N-methyl/N-ethyl adjacent to an activating group) is 1. The summed E-state index contributed by atoms with van der Waals surface area (Å²) in [5.41, 5.74) is 1.81. The van der Waals surface area contributed by atoms with Crippen LogP contribution in [0.5, 0.6) is 0 Å². The molecule has 1 atom stereocenters. The number of benzene rings is 1. The molecule has 0 N–H and O–H groups in total. The zero-order valence-corrected chi connectivity index (χ0v) is 15.8. The first-order chi connectivity index (χ1) is 12.5. The number of ether oxygens (including phenoxy) is 1. The third kappa shape index (κ3) is 4.12. The average molecular weight is 375 g/mol. The minimum absolute atomic E-state index is 0.330. The van der Waals surface area contributed by atoms with Crippen molar-refractivity contribution in [3.8, 4) is 0 Å². The predicted molar refractivity (Wildman–Crippen MR) is 100 cm³/mol. The van der Waals surface area contributed by atoms with E-state index in [2.05, 4.69) is 6.92 Å². The number of hydrogen-bond acceptors (Lipinski definition) is 4. The molecule has 1 aromatic heterocycles. The van der Waals surface area contributed by atoms with E-state index in [1.54, 1.807) is 0 Å². The fourth-order valence-corrected chi connectivity index (χ4v) is 4.31. The number of fused-ring (bicyclic) bond motifs is 1. The molecule has 1 aliphatic rings. The number of rotatable bonds is 5. The number of hydrogen-bond donors (Lipinski definition) is 0. The summed E-state index contributed by atoms with van der Waals surface area (Å²) in [6, 6.07) is 7.57. The molecule has 6 heteroatoms. The monoisotopic (exact) mass is 375 g/mol. The fraction of sp³-hybridized carbons (Fsp3) is 0.400. The van der Waals surface area contributed by atoms with Gasteiger partial charge in [-0.15, -0.1) is 11.3 Å². The van der Waals surface area contributed by atoms with Crippen LogP contribution in [0.15, 0.2) is 30.3 Å². The average Bonchev–Trinajstić information content (AvgIpc) is 3.05. The van der Waals surface area contributed by atoms with Crippen LogP contribution in [0.4, 0.5) is 10.1 Å². The Hall–Kier alpha value is -2.21. The van der Waals surface area contributed by atoms with E-state index >= 15 is 0 Å². The Bertz CT molecular complexity index is 800. The van der Waals surface area contributed by atoms with Crippen LogP contribution < -0.4 is 4.90 Å². The molecule has 2 aromatic rings. The number of amides is 1. The lowest BCUT2D eigenvalue weighted by Crippen LogP contribution is -2.34. The molecule has 4 nitrogen and oxygen atoms in total. The van der Waals surface area contributed by atoms with Gasteiger partial charge in [-0.1, -0.05) is 6.92 Å². The van der Waals surface area contributed by atoms with Crippen LogP contribution in [0.25, 0.3) is 0 Å². The smallest absolute Gasteiger partial charge is 0.348 e. The van der Waals surface area contributed by atoms with Gasteiger partial charge in [-0.05, 0) is 68.0 Å². The first kappa shape index (κ1) is 18.6. The van der Waals surface area contributed by atoms with E-state index in [1.807, 2.05) is 13.0 Å². The summed E-state index contributed by atoms with van der Waals surface area (Å²) < 4.78 is 18.3. The first-order valence-electron chi connectivity index (χ1n) is 8.82. The molecular weight excluding hydrogens is 353 g/mol. The highest BCUT2D eigenvalue weighted by molar-refractivity contribution is 7.14. The highest BCUT2D eigenvalue weighted by Gasteiger charge is 2.22. The lowest BCUT2D eigenvalue weighted by Gasteiger charge is -2.20. The Morgan fingerprint density at radius 1 is 1.31 bits per heavy atom. The van der Waals surface area contributed by atoms with Crippen molar-refractivity contribution in [2.24, 2.45) is 5.92 Å². The molecule has 3 rings (SSSR count). The molecule has 138 valence electrons. The number of esters is 1. The number of thiophene rings is 1. The first-order valence-corrected chi connectivity index (χ1v) is 9.64. The quantitative estimate of drug-likeness (QED) is 0.735. The Morgan fingerprint density at radius 2 is 2.04 bits per heavy atom. The molecule has 0 saturated heterocycles. The number of aryl methyl sites for hydroxylation is 1. The van der Waals surface area contributed by atoms with Crippen LogP contribution in [0.1, 0.15) is 40.4 Å². The van der Waals surface area contributed by atoms with Crippen molar-refractivity contribution in [1.82, 2.24) is 0 Å². The minimum atomic E-state index is -0.458. The Balaban J connectivity index is 1.61. The molecule has 0 fully saturated rings. The van der Waals surface area contributed by atoms with Gasteiger partial charge in [0.1, 0.15) is 10.7 Å². The summed E-state index contributed by atoms with van der Waals surface area (Å²) >= 11 is 1.47. The molecule has 0 radical (unpaired) electrons. The standard InChI is InChI=1S/C20H22FNO3S/c1-3-22(16-7-5-15(21)6-8-16)19(23)12-25-20(24)18-11-14-10-13(2)4-9-17(14)26-18/h5-8,11,13H,3-4,9-10,12H2,1-2H3/t13-/m0/s1. The van der Waals surface area contributed by atoms with E-state index in [1.165, 1.54) is 50.9 Å². The van der Waals surface area contributed by atoms with E-state index < -0.39 is 5.97 Å². The van der Waals surface area contributed by atoms with Gasteiger partial charge >= 0.3 is 5.97 Å². The van der Waals surface area contributed by atoms with E-state index in [4.69, 9.17) is 4.74 Å². The van der Waals surface area contributed by atoms with Crippen molar-refractivity contribution >= 4 is 28.9 Å². The molecule has 0 spiro atoms. The van der Waals surface area contributed by atoms with Crippen molar-refractivity contribution in [3.05, 3.63) is 51.5 Å². The van der Waals surface area contributed by atoms with Gasteiger partial charge < -0.3 is 9.64 Å². The van der Waals surface area contributed by atoms with Crippen molar-refractivity contribution in [2.75, 3.05) is 18.1 Å². The van der Waals surface area contributed by atoms with Crippen LogP contribution >= 0.6 is 11.3 Å². The molecule has 1 amide bonds. The predicted octanol–water partition coefficient (Wildman–Crippen LogP) is 4.22. The van der Waals surface area contributed by atoms with Crippen LogP contribution in [0, 0.1) is 11.7 Å². The second kappa shape index (κ2) is 7.99. The Labute approximate surface area is 156 Å².